The van der Waals surface area contributed by atoms with Gasteiger partial charge in [-0.1, -0.05) is 51.0 Å². The summed E-state index contributed by atoms with van der Waals surface area (Å²) in [5.41, 5.74) is 1.75. The minimum absolute atomic E-state index is 0.0563. The van der Waals surface area contributed by atoms with Crippen molar-refractivity contribution in [1.29, 1.82) is 0 Å². The molecule has 4 amide bonds. The first-order chi connectivity index (χ1) is 14.4. The minimum Gasteiger partial charge on any atom is -0.278 e. The highest BCUT2D eigenvalue weighted by Gasteiger charge is 2.34. The Hall–Kier alpha value is -2.50. The van der Waals surface area contributed by atoms with Gasteiger partial charge in [0, 0.05) is 24.7 Å². The lowest BCUT2D eigenvalue weighted by atomic mass is 9.91. The Morgan fingerprint density at radius 1 is 0.700 bits per heavy atom. The van der Waals surface area contributed by atoms with Crippen molar-refractivity contribution in [1.82, 2.24) is 9.80 Å². The lowest BCUT2D eigenvalue weighted by Crippen LogP contribution is -2.44. The van der Waals surface area contributed by atoms with Crippen LogP contribution < -0.4 is 0 Å². The standard InChI is InChI=1S/C24H32N2O4/c1-3-5-19-11-13-21(27)25(23(19)29)15-17-7-9-18(10-8-17)16-26-22(28)14-12-20(6-4-2)24(26)30/h7-10,19-20H,3-6,11-16H2,1-2H3. The van der Waals surface area contributed by atoms with Crippen LogP contribution in [0.1, 0.15) is 76.3 Å². The van der Waals surface area contributed by atoms with Crippen molar-refractivity contribution in [3.8, 4) is 0 Å². The van der Waals surface area contributed by atoms with Gasteiger partial charge in [0.05, 0.1) is 13.1 Å². The summed E-state index contributed by atoms with van der Waals surface area (Å²) in [6.07, 6.45) is 5.65. The summed E-state index contributed by atoms with van der Waals surface area (Å²) in [5.74, 6) is -0.462. The summed E-state index contributed by atoms with van der Waals surface area (Å²) in [6.45, 7) is 4.65. The number of carbonyl (C=O) groups excluding carboxylic acids is 4. The smallest absolute Gasteiger partial charge is 0.232 e. The lowest BCUT2D eigenvalue weighted by molar-refractivity contribution is -0.154. The number of benzene rings is 1. The van der Waals surface area contributed by atoms with E-state index in [2.05, 4.69) is 13.8 Å². The fourth-order valence-corrected chi connectivity index (χ4v) is 4.48. The van der Waals surface area contributed by atoms with E-state index in [0.29, 0.717) is 25.7 Å². The molecule has 2 heterocycles. The Morgan fingerprint density at radius 3 is 1.40 bits per heavy atom. The van der Waals surface area contributed by atoms with Crippen molar-refractivity contribution >= 4 is 23.6 Å². The van der Waals surface area contributed by atoms with E-state index in [1.165, 1.54) is 9.80 Å². The van der Waals surface area contributed by atoms with Crippen LogP contribution in [0.25, 0.3) is 0 Å². The van der Waals surface area contributed by atoms with E-state index in [0.717, 1.165) is 36.8 Å². The molecule has 2 atom stereocenters. The van der Waals surface area contributed by atoms with Crippen LogP contribution in [0.5, 0.6) is 0 Å². The van der Waals surface area contributed by atoms with Crippen molar-refractivity contribution in [2.75, 3.05) is 0 Å². The van der Waals surface area contributed by atoms with E-state index in [-0.39, 0.29) is 48.6 Å². The molecule has 2 unspecified atom stereocenters. The highest BCUT2D eigenvalue weighted by atomic mass is 16.2. The van der Waals surface area contributed by atoms with Crippen molar-refractivity contribution in [2.45, 2.75) is 78.3 Å². The second kappa shape index (κ2) is 10.0. The molecule has 2 aliphatic rings. The summed E-state index contributed by atoms with van der Waals surface area (Å²) in [5, 5.41) is 0. The van der Waals surface area contributed by atoms with Gasteiger partial charge in [-0.05, 0) is 36.8 Å². The maximum Gasteiger partial charge on any atom is 0.232 e. The molecule has 0 saturated carbocycles. The van der Waals surface area contributed by atoms with Crippen LogP contribution in [-0.4, -0.2) is 33.4 Å². The molecule has 0 aromatic heterocycles. The van der Waals surface area contributed by atoms with Gasteiger partial charge in [-0.25, -0.2) is 0 Å². The highest BCUT2D eigenvalue weighted by Crippen LogP contribution is 2.26. The lowest BCUT2D eigenvalue weighted by Gasteiger charge is -2.31. The molecule has 0 spiro atoms. The number of imide groups is 2. The van der Waals surface area contributed by atoms with Crippen LogP contribution in [0.3, 0.4) is 0 Å². The SMILES string of the molecule is CCCC1CCC(=O)N(Cc2ccc(CN3C(=O)CCC(CCC)C3=O)cc2)C1=O. The van der Waals surface area contributed by atoms with Gasteiger partial charge in [0.1, 0.15) is 0 Å². The average Bonchev–Trinajstić information content (AvgIpc) is 2.74. The summed E-state index contributed by atoms with van der Waals surface area (Å²) in [6, 6.07) is 7.51. The highest BCUT2D eigenvalue weighted by molar-refractivity contribution is 5.99. The fraction of sp³-hybridized carbons (Fsp3) is 0.583. The first-order valence-corrected chi connectivity index (χ1v) is 11.2. The summed E-state index contributed by atoms with van der Waals surface area (Å²) >= 11 is 0. The van der Waals surface area contributed by atoms with Crippen LogP contribution in [0.2, 0.25) is 0 Å². The van der Waals surface area contributed by atoms with E-state index in [9.17, 15) is 19.2 Å². The minimum atomic E-state index is -0.108. The van der Waals surface area contributed by atoms with E-state index in [4.69, 9.17) is 0 Å². The van der Waals surface area contributed by atoms with E-state index in [1.54, 1.807) is 0 Å². The third kappa shape index (κ3) is 4.97. The van der Waals surface area contributed by atoms with Crippen LogP contribution in [0, 0.1) is 11.8 Å². The molecule has 0 bridgehead atoms. The number of rotatable bonds is 8. The summed E-state index contributed by atoms with van der Waals surface area (Å²) in [4.78, 5) is 52.6. The molecule has 2 fully saturated rings. The Labute approximate surface area is 178 Å². The van der Waals surface area contributed by atoms with Crippen molar-refractivity contribution < 1.29 is 19.2 Å². The Bertz CT molecular complexity index is 735. The summed E-state index contributed by atoms with van der Waals surface area (Å²) in [7, 11) is 0. The van der Waals surface area contributed by atoms with E-state index >= 15 is 0 Å². The molecule has 1 aromatic carbocycles. The zero-order chi connectivity index (χ0) is 21.7. The van der Waals surface area contributed by atoms with Crippen LogP contribution in [0.15, 0.2) is 24.3 Å². The molecule has 0 radical (unpaired) electrons. The van der Waals surface area contributed by atoms with Gasteiger partial charge in [-0.2, -0.15) is 0 Å². The predicted molar refractivity (Wildman–Crippen MR) is 113 cm³/mol. The predicted octanol–water partition coefficient (Wildman–Crippen LogP) is 3.82. The molecule has 162 valence electrons. The molecule has 30 heavy (non-hydrogen) atoms. The topological polar surface area (TPSA) is 74.8 Å². The number of hydrogen-bond donors (Lipinski definition) is 0. The quantitative estimate of drug-likeness (QED) is 0.609. The zero-order valence-electron chi connectivity index (χ0n) is 18.1. The molecule has 6 nitrogen and oxygen atoms in total. The summed E-state index contributed by atoms with van der Waals surface area (Å²) < 4.78 is 0. The normalized spacial score (nSPS) is 22.7. The van der Waals surface area contributed by atoms with Crippen LogP contribution in [-0.2, 0) is 32.3 Å². The first-order valence-electron chi connectivity index (χ1n) is 11.2. The second-order valence-corrected chi connectivity index (χ2v) is 8.50. The third-order valence-electron chi connectivity index (χ3n) is 6.22. The molecule has 6 heteroatoms. The molecule has 1 aromatic rings. The Kier molecular flexibility index (Phi) is 7.40. The molecule has 0 aliphatic carbocycles. The van der Waals surface area contributed by atoms with E-state index < -0.39 is 0 Å². The number of likely N-dealkylation sites (tertiary alicyclic amines) is 2. The maximum absolute atomic E-state index is 12.6. The number of amides is 4. The fourth-order valence-electron chi connectivity index (χ4n) is 4.48. The Morgan fingerprint density at radius 2 is 1.07 bits per heavy atom. The van der Waals surface area contributed by atoms with Gasteiger partial charge in [-0.3, -0.25) is 29.0 Å². The molecular formula is C24H32N2O4. The largest absolute Gasteiger partial charge is 0.278 e. The zero-order valence-corrected chi connectivity index (χ0v) is 18.1. The van der Waals surface area contributed by atoms with Crippen molar-refractivity contribution in [2.24, 2.45) is 11.8 Å². The average molecular weight is 413 g/mol. The van der Waals surface area contributed by atoms with Crippen molar-refractivity contribution in [3.05, 3.63) is 35.4 Å². The molecule has 3 rings (SSSR count). The van der Waals surface area contributed by atoms with Gasteiger partial charge in [0.25, 0.3) is 0 Å². The number of hydrogen-bond acceptors (Lipinski definition) is 4. The second-order valence-electron chi connectivity index (χ2n) is 8.50. The monoisotopic (exact) mass is 412 g/mol. The Balaban J connectivity index is 1.64. The van der Waals surface area contributed by atoms with Gasteiger partial charge < -0.3 is 0 Å². The molecular weight excluding hydrogens is 380 g/mol. The first kappa shape index (κ1) is 22.2. The molecule has 0 N–H and O–H groups in total. The van der Waals surface area contributed by atoms with Gasteiger partial charge in [0.2, 0.25) is 23.6 Å². The van der Waals surface area contributed by atoms with Gasteiger partial charge in [-0.15, -0.1) is 0 Å². The maximum atomic E-state index is 12.6. The molecule has 2 aliphatic heterocycles. The number of carbonyl (C=O) groups is 4. The molecule has 2 saturated heterocycles. The number of nitrogens with zero attached hydrogens (tertiary/aromatic N) is 2. The van der Waals surface area contributed by atoms with Crippen LogP contribution in [0.4, 0.5) is 0 Å². The van der Waals surface area contributed by atoms with Crippen molar-refractivity contribution in [3.63, 3.8) is 0 Å². The van der Waals surface area contributed by atoms with Crippen LogP contribution >= 0.6 is 0 Å². The van der Waals surface area contributed by atoms with Gasteiger partial charge >= 0.3 is 0 Å². The van der Waals surface area contributed by atoms with Gasteiger partial charge in [0.15, 0.2) is 0 Å². The third-order valence-corrected chi connectivity index (χ3v) is 6.22. The number of piperidine rings is 2. The van der Waals surface area contributed by atoms with E-state index in [1.807, 2.05) is 24.3 Å².